The Labute approximate surface area is 88.4 Å². The van der Waals surface area contributed by atoms with Crippen LogP contribution in [0.25, 0.3) is 0 Å². The number of nitrogens with zero attached hydrogens (tertiary/aromatic N) is 1. The summed E-state index contributed by atoms with van der Waals surface area (Å²) in [5.74, 6) is -0.920. The number of carbonyl (C=O) groups excluding carboxylic acids is 1. The van der Waals surface area contributed by atoms with Gasteiger partial charge in [-0.15, -0.1) is 0 Å². The molecular formula is C9H7BrFNO2. The van der Waals surface area contributed by atoms with Crippen molar-refractivity contribution >= 4 is 27.9 Å². The maximum atomic E-state index is 13.3. The molecule has 0 atom stereocenters. The van der Waals surface area contributed by atoms with Crippen LogP contribution < -0.4 is 0 Å². The van der Waals surface area contributed by atoms with Crippen LogP contribution in [0.5, 0.6) is 0 Å². The second-order valence-corrected chi connectivity index (χ2v) is 3.45. The van der Waals surface area contributed by atoms with Gasteiger partial charge in [-0.2, -0.15) is 0 Å². The third-order valence-electron chi connectivity index (χ3n) is 1.60. The molecule has 0 aromatic heterocycles. The molecule has 0 saturated carbocycles. The maximum absolute atomic E-state index is 13.3. The van der Waals surface area contributed by atoms with Crippen molar-refractivity contribution in [2.75, 3.05) is 0 Å². The minimum atomic E-state index is -0.466. The van der Waals surface area contributed by atoms with E-state index in [0.29, 0.717) is 4.47 Å². The minimum Gasteiger partial charge on any atom is -0.411 e. The van der Waals surface area contributed by atoms with Gasteiger partial charge < -0.3 is 5.21 Å². The summed E-state index contributed by atoms with van der Waals surface area (Å²) >= 11 is 3.01. The molecule has 0 bridgehead atoms. The molecular weight excluding hydrogens is 253 g/mol. The lowest BCUT2D eigenvalue weighted by molar-refractivity contribution is -0.112. The smallest absolute Gasteiger partial charge is 0.181 e. The molecule has 1 rings (SSSR count). The average molecular weight is 260 g/mol. The lowest BCUT2D eigenvalue weighted by atomic mass is 10.1. The minimum absolute atomic E-state index is 0.116. The van der Waals surface area contributed by atoms with Gasteiger partial charge in [-0.1, -0.05) is 17.3 Å². The van der Waals surface area contributed by atoms with Gasteiger partial charge in [0.2, 0.25) is 0 Å². The zero-order valence-corrected chi connectivity index (χ0v) is 8.66. The molecule has 74 valence electrons. The average Bonchev–Trinajstić information content (AvgIpc) is 2.13. The zero-order valence-electron chi connectivity index (χ0n) is 7.08. The molecule has 0 fully saturated rings. The Hall–Kier alpha value is -1.23. The molecule has 0 amide bonds. The topological polar surface area (TPSA) is 49.7 Å². The number of oxime groups is 1. The Morgan fingerprint density at radius 3 is 3.00 bits per heavy atom. The monoisotopic (exact) mass is 259 g/mol. The van der Waals surface area contributed by atoms with E-state index in [0.717, 1.165) is 6.21 Å². The first kappa shape index (κ1) is 10.8. The molecule has 0 unspecified atom stereocenters. The van der Waals surface area contributed by atoms with Crippen molar-refractivity contribution in [3.8, 4) is 0 Å². The molecule has 0 heterocycles. The zero-order chi connectivity index (χ0) is 10.6. The van der Waals surface area contributed by atoms with Crippen molar-refractivity contribution in [1.29, 1.82) is 0 Å². The molecule has 0 aliphatic rings. The van der Waals surface area contributed by atoms with E-state index in [1.165, 1.54) is 6.07 Å². The molecule has 1 aromatic carbocycles. The molecule has 0 saturated heterocycles. The third kappa shape index (κ3) is 2.63. The Bertz CT molecular complexity index is 379. The van der Waals surface area contributed by atoms with Crippen LogP contribution in [0.3, 0.4) is 0 Å². The first-order chi connectivity index (χ1) is 6.65. The molecule has 1 aromatic rings. The van der Waals surface area contributed by atoms with Crippen molar-refractivity contribution < 1.29 is 14.4 Å². The molecule has 0 aliphatic heterocycles. The number of halogens is 2. The van der Waals surface area contributed by atoms with Gasteiger partial charge in [0.15, 0.2) is 5.78 Å². The number of hydrogen-bond donors (Lipinski definition) is 1. The van der Waals surface area contributed by atoms with Gasteiger partial charge in [0, 0.05) is 6.42 Å². The van der Waals surface area contributed by atoms with E-state index in [1.807, 2.05) is 0 Å². The molecule has 1 N–H and O–H groups in total. The molecule has 3 nitrogen and oxygen atoms in total. The summed E-state index contributed by atoms with van der Waals surface area (Å²) < 4.78 is 13.6. The van der Waals surface area contributed by atoms with Gasteiger partial charge in [-0.05, 0) is 27.6 Å². The summed E-state index contributed by atoms with van der Waals surface area (Å²) in [4.78, 5) is 11.0. The lowest BCUT2D eigenvalue weighted by Crippen LogP contribution is -2.05. The van der Waals surface area contributed by atoms with E-state index in [9.17, 15) is 9.18 Å². The number of benzene rings is 1. The fraction of sp³-hybridized carbons (Fsp3) is 0.111. The fourth-order valence-corrected chi connectivity index (χ4v) is 1.39. The molecule has 0 aliphatic carbocycles. The standard InChI is InChI=1S/C9H7BrFNO2/c10-8-3-1-2-6(9(8)11)4-7(13)5-12-14/h1-3,5,14H,4H2/b12-5+. The van der Waals surface area contributed by atoms with E-state index >= 15 is 0 Å². The lowest BCUT2D eigenvalue weighted by Gasteiger charge is -2.01. The summed E-state index contributed by atoms with van der Waals surface area (Å²) in [6, 6.07) is 4.68. The third-order valence-corrected chi connectivity index (χ3v) is 2.21. The SMILES string of the molecule is O=C(/C=N/O)Cc1cccc(Br)c1F. The van der Waals surface area contributed by atoms with Crippen LogP contribution in [0.2, 0.25) is 0 Å². The van der Waals surface area contributed by atoms with E-state index in [4.69, 9.17) is 5.21 Å². The van der Waals surface area contributed by atoms with Gasteiger partial charge in [0.25, 0.3) is 0 Å². The largest absolute Gasteiger partial charge is 0.411 e. The van der Waals surface area contributed by atoms with Crippen LogP contribution in [0.1, 0.15) is 5.56 Å². The van der Waals surface area contributed by atoms with Crippen molar-refractivity contribution in [3.05, 3.63) is 34.1 Å². The van der Waals surface area contributed by atoms with Crippen LogP contribution in [-0.2, 0) is 11.2 Å². The van der Waals surface area contributed by atoms with Gasteiger partial charge in [-0.3, -0.25) is 4.79 Å². The van der Waals surface area contributed by atoms with Crippen molar-refractivity contribution in [1.82, 2.24) is 0 Å². The highest BCUT2D eigenvalue weighted by molar-refractivity contribution is 9.10. The van der Waals surface area contributed by atoms with Crippen LogP contribution in [0.15, 0.2) is 27.8 Å². The van der Waals surface area contributed by atoms with E-state index in [-0.39, 0.29) is 12.0 Å². The van der Waals surface area contributed by atoms with Gasteiger partial charge >= 0.3 is 0 Å². The highest BCUT2D eigenvalue weighted by Crippen LogP contribution is 2.18. The molecule has 0 radical (unpaired) electrons. The number of rotatable bonds is 3. The number of carbonyl (C=O) groups is 1. The van der Waals surface area contributed by atoms with Crippen LogP contribution in [0.4, 0.5) is 4.39 Å². The predicted octanol–water partition coefficient (Wildman–Crippen LogP) is 2.16. The Balaban J connectivity index is 2.87. The van der Waals surface area contributed by atoms with E-state index < -0.39 is 11.6 Å². The van der Waals surface area contributed by atoms with Crippen LogP contribution in [0, 0.1) is 5.82 Å². The van der Waals surface area contributed by atoms with Crippen molar-refractivity contribution in [2.24, 2.45) is 5.16 Å². The summed E-state index contributed by atoms with van der Waals surface area (Å²) in [5.41, 5.74) is 0.268. The van der Waals surface area contributed by atoms with Crippen molar-refractivity contribution in [3.63, 3.8) is 0 Å². The molecule has 0 spiro atoms. The number of ketones is 1. The molecule has 14 heavy (non-hydrogen) atoms. The molecule has 5 heteroatoms. The summed E-state index contributed by atoms with van der Waals surface area (Å²) in [6.45, 7) is 0. The maximum Gasteiger partial charge on any atom is 0.181 e. The summed E-state index contributed by atoms with van der Waals surface area (Å²) in [6.07, 6.45) is 0.635. The van der Waals surface area contributed by atoms with Gasteiger partial charge in [0.1, 0.15) is 12.0 Å². The Morgan fingerprint density at radius 2 is 2.36 bits per heavy atom. The quantitative estimate of drug-likeness (QED) is 0.514. The number of Topliss-reactive ketones (excluding diaryl/α,β-unsaturated/α-hetero) is 1. The first-order valence-corrected chi connectivity index (χ1v) is 4.57. The van der Waals surface area contributed by atoms with Crippen LogP contribution >= 0.6 is 15.9 Å². The highest BCUT2D eigenvalue weighted by atomic mass is 79.9. The van der Waals surface area contributed by atoms with Gasteiger partial charge in [-0.25, -0.2) is 4.39 Å². The van der Waals surface area contributed by atoms with Gasteiger partial charge in [0.05, 0.1) is 4.47 Å². The second kappa shape index (κ2) is 4.85. The Morgan fingerprint density at radius 1 is 1.64 bits per heavy atom. The predicted molar refractivity (Wildman–Crippen MR) is 53.1 cm³/mol. The normalized spacial score (nSPS) is 10.7. The van der Waals surface area contributed by atoms with E-state index in [1.54, 1.807) is 12.1 Å². The fourth-order valence-electron chi connectivity index (χ4n) is 0.983. The highest BCUT2D eigenvalue weighted by Gasteiger charge is 2.08. The second-order valence-electron chi connectivity index (χ2n) is 2.60. The van der Waals surface area contributed by atoms with Crippen LogP contribution in [-0.4, -0.2) is 17.2 Å². The number of hydrogen-bond acceptors (Lipinski definition) is 3. The van der Waals surface area contributed by atoms with Crippen molar-refractivity contribution in [2.45, 2.75) is 6.42 Å². The van der Waals surface area contributed by atoms with E-state index in [2.05, 4.69) is 21.1 Å². The first-order valence-electron chi connectivity index (χ1n) is 3.78. The summed E-state index contributed by atoms with van der Waals surface area (Å²) in [7, 11) is 0. The summed E-state index contributed by atoms with van der Waals surface area (Å²) in [5, 5.41) is 10.7. The Kier molecular flexibility index (Phi) is 3.76.